The molecule has 2 aliphatic rings. The first-order chi connectivity index (χ1) is 7.29. The lowest BCUT2D eigenvalue weighted by atomic mass is 10.1. The maximum absolute atomic E-state index is 3.86. The third-order valence-corrected chi connectivity index (χ3v) is 5.04. The molecule has 0 aromatic rings. The predicted molar refractivity (Wildman–Crippen MR) is 69.5 cm³/mol. The van der Waals surface area contributed by atoms with E-state index in [9.17, 15) is 0 Å². The molecule has 0 aromatic heterocycles. The molecule has 0 radical (unpaired) electrons. The Morgan fingerprint density at radius 1 is 1.27 bits per heavy atom. The molecule has 0 aromatic carbocycles. The van der Waals surface area contributed by atoms with Crippen LogP contribution in [-0.2, 0) is 0 Å². The molecule has 0 amide bonds. The molecule has 2 aliphatic carbocycles. The van der Waals surface area contributed by atoms with Crippen LogP contribution in [0.4, 0.5) is 0 Å². The minimum absolute atomic E-state index is 0.751. The monoisotopic (exact) mass is 227 g/mol. The molecule has 2 heteroatoms. The lowest BCUT2D eigenvalue weighted by Gasteiger charge is -2.24. The molecule has 2 fully saturated rings. The van der Waals surface area contributed by atoms with Gasteiger partial charge in [-0.05, 0) is 37.9 Å². The van der Waals surface area contributed by atoms with Gasteiger partial charge in [-0.2, -0.15) is 11.8 Å². The second-order valence-corrected chi connectivity index (χ2v) is 6.79. The van der Waals surface area contributed by atoms with Gasteiger partial charge in [-0.25, -0.2) is 0 Å². The van der Waals surface area contributed by atoms with Gasteiger partial charge >= 0.3 is 0 Å². The van der Waals surface area contributed by atoms with Crippen LogP contribution in [0.15, 0.2) is 0 Å². The molecule has 1 N–H and O–H groups in total. The summed E-state index contributed by atoms with van der Waals surface area (Å²) in [5.41, 5.74) is 0. The fourth-order valence-electron chi connectivity index (χ4n) is 2.82. The second kappa shape index (κ2) is 5.58. The number of hydrogen-bond donors (Lipinski definition) is 1. The molecule has 3 unspecified atom stereocenters. The van der Waals surface area contributed by atoms with Crippen LogP contribution in [0.5, 0.6) is 0 Å². The Hall–Kier alpha value is 0.310. The molecule has 15 heavy (non-hydrogen) atoms. The fraction of sp³-hybridized carbons (Fsp3) is 1.00. The summed E-state index contributed by atoms with van der Waals surface area (Å²) in [4.78, 5) is 0. The normalized spacial score (nSPS) is 33.2. The van der Waals surface area contributed by atoms with E-state index in [-0.39, 0.29) is 0 Å². The van der Waals surface area contributed by atoms with Gasteiger partial charge in [0.05, 0.1) is 0 Å². The zero-order valence-corrected chi connectivity index (χ0v) is 11.0. The van der Waals surface area contributed by atoms with Crippen LogP contribution >= 0.6 is 11.8 Å². The van der Waals surface area contributed by atoms with Crippen LogP contribution in [-0.4, -0.2) is 23.1 Å². The molecular weight excluding hydrogens is 202 g/mol. The van der Waals surface area contributed by atoms with Crippen LogP contribution in [0.2, 0.25) is 0 Å². The van der Waals surface area contributed by atoms with Crippen LogP contribution in [0.25, 0.3) is 0 Å². The summed E-state index contributed by atoms with van der Waals surface area (Å²) in [6.07, 6.45) is 8.68. The fourth-order valence-corrected chi connectivity index (χ4v) is 4.03. The number of nitrogens with one attached hydrogen (secondary N) is 1. The van der Waals surface area contributed by atoms with Crippen molar-refractivity contribution in [2.75, 3.05) is 5.75 Å². The largest absolute Gasteiger partial charge is 0.310 e. The minimum atomic E-state index is 0.751. The second-order valence-electron chi connectivity index (χ2n) is 5.28. The third kappa shape index (κ3) is 3.67. The quantitative estimate of drug-likeness (QED) is 0.746. The molecule has 0 spiro atoms. The summed E-state index contributed by atoms with van der Waals surface area (Å²) >= 11 is 2.16. The van der Waals surface area contributed by atoms with Crippen molar-refractivity contribution in [1.29, 1.82) is 0 Å². The van der Waals surface area contributed by atoms with Gasteiger partial charge in [0, 0.05) is 17.3 Å². The van der Waals surface area contributed by atoms with E-state index in [1.165, 1.54) is 44.3 Å². The van der Waals surface area contributed by atoms with Crippen LogP contribution in [0, 0.1) is 5.92 Å². The minimum Gasteiger partial charge on any atom is -0.310 e. The van der Waals surface area contributed by atoms with Crippen LogP contribution < -0.4 is 5.32 Å². The summed E-state index contributed by atoms with van der Waals surface area (Å²) in [5.74, 6) is 2.34. The Morgan fingerprint density at radius 3 is 2.73 bits per heavy atom. The van der Waals surface area contributed by atoms with E-state index < -0.39 is 0 Å². The highest BCUT2D eigenvalue weighted by Crippen LogP contribution is 2.35. The summed E-state index contributed by atoms with van der Waals surface area (Å²) in [5, 5.41) is 4.76. The first-order valence-electron chi connectivity index (χ1n) is 6.67. The lowest BCUT2D eigenvalue weighted by molar-refractivity contribution is 0.421. The summed E-state index contributed by atoms with van der Waals surface area (Å²) in [6, 6.07) is 1.56. The lowest BCUT2D eigenvalue weighted by Crippen LogP contribution is -2.40. The van der Waals surface area contributed by atoms with Crippen LogP contribution in [0.3, 0.4) is 0 Å². The van der Waals surface area contributed by atoms with Crippen molar-refractivity contribution in [2.24, 2.45) is 5.92 Å². The molecule has 2 rings (SSSR count). The zero-order chi connectivity index (χ0) is 10.7. The molecule has 0 aliphatic heterocycles. The highest BCUT2D eigenvalue weighted by atomic mass is 32.2. The SMILES string of the molecule is CCSC1CCCC1NC(C)CC1CC1. The Labute approximate surface area is 98.8 Å². The zero-order valence-electron chi connectivity index (χ0n) is 10.2. The summed E-state index contributed by atoms with van der Waals surface area (Å²) in [7, 11) is 0. The molecular formula is C13H25NS. The maximum Gasteiger partial charge on any atom is 0.0201 e. The Kier molecular flexibility index (Phi) is 4.39. The average Bonchev–Trinajstić information content (AvgIpc) is 2.90. The first kappa shape index (κ1) is 11.8. The van der Waals surface area contributed by atoms with Gasteiger partial charge in [0.2, 0.25) is 0 Å². The highest BCUT2D eigenvalue weighted by molar-refractivity contribution is 7.99. The molecule has 2 saturated carbocycles. The average molecular weight is 227 g/mol. The van der Waals surface area contributed by atoms with E-state index in [4.69, 9.17) is 0 Å². The van der Waals surface area contributed by atoms with Gasteiger partial charge < -0.3 is 5.32 Å². The van der Waals surface area contributed by atoms with Gasteiger partial charge in [0.25, 0.3) is 0 Å². The van der Waals surface area contributed by atoms with Gasteiger partial charge in [-0.1, -0.05) is 26.2 Å². The van der Waals surface area contributed by atoms with Crippen LogP contribution in [0.1, 0.15) is 52.4 Å². The first-order valence-corrected chi connectivity index (χ1v) is 7.72. The molecule has 3 atom stereocenters. The van der Waals surface area contributed by atoms with Crippen molar-refractivity contribution in [3.05, 3.63) is 0 Å². The van der Waals surface area contributed by atoms with Crippen molar-refractivity contribution >= 4 is 11.8 Å². The van der Waals surface area contributed by atoms with Gasteiger partial charge in [-0.15, -0.1) is 0 Å². The van der Waals surface area contributed by atoms with E-state index in [0.29, 0.717) is 0 Å². The van der Waals surface area contributed by atoms with Gasteiger partial charge in [-0.3, -0.25) is 0 Å². The van der Waals surface area contributed by atoms with E-state index in [1.807, 2.05) is 0 Å². The number of thioether (sulfide) groups is 1. The van der Waals surface area contributed by atoms with Gasteiger partial charge in [0.15, 0.2) is 0 Å². The summed E-state index contributed by atoms with van der Waals surface area (Å²) < 4.78 is 0. The molecule has 88 valence electrons. The topological polar surface area (TPSA) is 12.0 Å². The van der Waals surface area contributed by atoms with E-state index in [2.05, 4.69) is 30.9 Å². The van der Waals surface area contributed by atoms with Crippen molar-refractivity contribution in [2.45, 2.75) is 69.7 Å². The predicted octanol–water partition coefficient (Wildman–Crippen LogP) is 3.44. The number of rotatable bonds is 6. The van der Waals surface area contributed by atoms with E-state index in [1.54, 1.807) is 0 Å². The molecule has 0 saturated heterocycles. The highest BCUT2D eigenvalue weighted by Gasteiger charge is 2.30. The van der Waals surface area contributed by atoms with Crippen molar-refractivity contribution in [3.63, 3.8) is 0 Å². The van der Waals surface area contributed by atoms with Crippen molar-refractivity contribution in [1.82, 2.24) is 5.32 Å². The Bertz CT molecular complexity index is 191. The third-order valence-electron chi connectivity index (χ3n) is 3.72. The molecule has 0 heterocycles. The summed E-state index contributed by atoms with van der Waals surface area (Å²) in [6.45, 7) is 4.66. The Morgan fingerprint density at radius 2 is 2.07 bits per heavy atom. The smallest absolute Gasteiger partial charge is 0.0201 e. The molecule has 1 nitrogen and oxygen atoms in total. The van der Waals surface area contributed by atoms with E-state index in [0.717, 1.165) is 23.3 Å². The number of hydrogen-bond acceptors (Lipinski definition) is 2. The van der Waals surface area contributed by atoms with Crippen molar-refractivity contribution in [3.8, 4) is 0 Å². The standard InChI is InChI=1S/C13H25NS/c1-3-15-13-6-4-5-12(13)14-10(2)9-11-7-8-11/h10-14H,3-9H2,1-2H3. The van der Waals surface area contributed by atoms with Gasteiger partial charge in [0.1, 0.15) is 0 Å². The van der Waals surface area contributed by atoms with E-state index >= 15 is 0 Å². The maximum atomic E-state index is 3.86. The molecule has 0 bridgehead atoms. The Balaban J connectivity index is 1.71. The van der Waals surface area contributed by atoms with Crippen molar-refractivity contribution < 1.29 is 0 Å².